The lowest BCUT2D eigenvalue weighted by Gasteiger charge is -2.14. The molecule has 8 nitrogen and oxygen atoms in total. The summed E-state index contributed by atoms with van der Waals surface area (Å²) in [5.41, 5.74) is 1.89. The molecular formula is C25H24N2O6S. The molecule has 4 rings (SSSR count). The van der Waals surface area contributed by atoms with Gasteiger partial charge in [-0.2, -0.15) is 0 Å². The molecule has 1 aromatic heterocycles. The van der Waals surface area contributed by atoms with Crippen molar-refractivity contribution in [3.63, 3.8) is 0 Å². The van der Waals surface area contributed by atoms with Crippen molar-refractivity contribution >= 4 is 34.1 Å². The number of hydrogen-bond acceptors (Lipinski definition) is 7. The molecule has 2 heterocycles. The van der Waals surface area contributed by atoms with E-state index in [0.29, 0.717) is 27.5 Å². The number of rotatable bonds is 7. The predicted molar refractivity (Wildman–Crippen MR) is 128 cm³/mol. The fourth-order valence-corrected chi connectivity index (χ4v) is 4.66. The number of thiophene rings is 1. The maximum absolute atomic E-state index is 13.1. The van der Waals surface area contributed by atoms with E-state index < -0.39 is 11.9 Å². The molecule has 1 unspecified atom stereocenters. The van der Waals surface area contributed by atoms with Crippen LogP contribution in [-0.2, 0) is 4.74 Å². The number of anilines is 1. The quantitative estimate of drug-likeness (QED) is 0.475. The molecule has 34 heavy (non-hydrogen) atoms. The molecule has 1 aliphatic heterocycles. The summed E-state index contributed by atoms with van der Waals surface area (Å²) in [6.45, 7) is 5.50. The summed E-state index contributed by atoms with van der Waals surface area (Å²) in [5, 5.41) is 5.96. The zero-order chi connectivity index (χ0) is 24.2. The summed E-state index contributed by atoms with van der Waals surface area (Å²) in [7, 11) is 0. The Hall–Kier alpha value is -3.85. The first kappa shape index (κ1) is 23.3. The highest BCUT2D eigenvalue weighted by Crippen LogP contribution is 2.36. The van der Waals surface area contributed by atoms with E-state index in [-0.39, 0.29) is 35.9 Å². The lowest BCUT2D eigenvalue weighted by Crippen LogP contribution is -2.26. The Morgan fingerprint density at radius 2 is 1.79 bits per heavy atom. The number of carbonyl (C=O) groups excluding carboxylic acids is 3. The number of carbonyl (C=O) groups is 3. The van der Waals surface area contributed by atoms with Crippen molar-refractivity contribution < 1.29 is 28.6 Å². The summed E-state index contributed by atoms with van der Waals surface area (Å²) >= 11 is 1.03. The molecule has 176 valence electrons. The van der Waals surface area contributed by atoms with E-state index in [2.05, 4.69) is 10.6 Å². The molecule has 9 heteroatoms. The van der Waals surface area contributed by atoms with Gasteiger partial charge in [0.1, 0.15) is 5.00 Å². The Morgan fingerprint density at radius 1 is 1.06 bits per heavy atom. The third kappa shape index (κ3) is 4.74. The Morgan fingerprint density at radius 3 is 2.53 bits per heavy atom. The molecule has 1 aliphatic rings. The maximum Gasteiger partial charge on any atom is 0.341 e. The van der Waals surface area contributed by atoms with Crippen molar-refractivity contribution in [1.29, 1.82) is 0 Å². The normalized spacial score (nSPS) is 12.7. The van der Waals surface area contributed by atoms with Gasteiger partial charge in [-0.25, -0.2) is 4.79 Å². The molecule has 0 radical (unpaired) electrons. The van der Waals surface area contributed by atoms with Crippen molar-refractivity contribution in [2.24, 2.45) is 0 Å². The van der Waals surface area contributed by atoms with Gasteiger partial charge in [-0.05, 0) is 50.1 Å². The molecule has 0 fully saturated rings. The van der Waals surface area contributed by atoms with E-state index in [9.17, 15) is 14.4 Å². The minimum atomic E-state index is -0.604. The lowest BCUT2D eigenvalue weighted by atomic mass is 10.1. The molecule has 0 spiro atoms. The zero-order valence-corrected chi connectivity index (χ0v) is 19.8. The fraction of sp³-hybridized carbons (Fsp3) is 0.240. The summed E-state index contributed by atoms with van der Waals surface area (Å²) in [5.74, 6) is -0.368. The molecule has 1 atom stereocenters. The van der Waals surface area contributed by atoms with Crippen molar-refractivity contribution in [3.05, 3.63) is 75.7 Å². The number of fused-ring (bicyclic) bond motifs is 1. The van der Waals surface area contributed by atoms with Gasteiger partial charge in [-0.15, -0.1) is 11.3 Å². The predicted octanol–water partition coefficient (Wildman–Crippen LogP) is 4.71. The SMILES string of the molecule is CCOC(=O)c1c(NC(=O)c2ccc3c(c2)OCO3)sc(C(=O)NC(C)c2ccccc2)c1C. The minimum absolute atomic E-state index is 0.0947. The maximum atomic E-state index is 13.1. The highest BCUT2D eigenvalue weighted by molar-refractivity contribution is 7.18. The molecule has 3 aromatic rings. The number of esters is 1. The number of benzene rings is 2. The van der Waals surface area contributed by atoms with Gasteiger partial charge < -0.3 is 24.8 Å². The van der Waals surface area contributed by atoms with Crippen LogP contribution in [0.25, 0.3) is 0 Å². The van der Waals surface area contributed by atoms with E-state index in [1.807, 2.05) is 37.3 Å². The van der Waals surface area contributed by atoms with Crippen LogP contribution in [0.1, 0.15) is 61.4 Å². The van der Waals surface area contributed by atoms with E-state index in [1.165, 1.54) is 0 Å². The van der Waals surface area contributed by atoms with Gasteiger partial charge in [0.15, 0.2) is 11.5 Å². The van der Waals surface area contributed by atoms with Gasteiger partial charge in [-0.1, -0.05) is 30.3 Å². The van der Waals surface area contributed by atoms with Gasteiger partial charge in [-0.3, -0.25) is 9.59 Å². The Kier molecular flexibility index (Phi) is 6.83. The standard InChI is InChI=1S/C25H24N2O6S/c1-4-31-25(30)20-14(2)21(23(29)26-15(3)16-8-6-5-7-9-16)34-24(20)27-22(28)17-10-11-18-19(12-17)33-13-32-18/h5-12,15H,4,13H2,1-3H3,(H,26,29)(H,27,28). The van der Waals surface area contributed by atoms with Gasteiger partial charge in [0.05, 0.1) is 23.1 Å². The Bertz CT molecular complexity index is 1240. The molecule has 0 saturated heterocycles. The molecule has 0 aliphatic carbocycles. The second kappa shape index (κ2) is 9.96. The number of amides is 2. The Balaban J connectivity index is 1.61. The van der Waals surface area contributed by atoms with Crippen LogP contribution in [0.4, 0.5) is 5.00 Å². The van der Waals surface area contributed by atoms with Crippen LogP contribution in [0.15, 0.2) is 48.5 Å². The zero-order valence-electron chi connectivity index (χ0n) is 19.0. The van der Waals surface area contributed by atoms with Crippen molar-refractivity contribution in [2.75, 3.05) is 18.7 Å². The summed E-state index contributed by atoms with van der Waals surface area (Å²) in [4.78, 5) is 39.1. The smallest absolute Gasteiger partial charge is 0.341 e. The van der Waals surface area contributed by atoms with Crippen LogP contribution >= 0.6 is 11.3 Å². The van der Waals surface area contributed by atoms with E-state index >= 15 is 0 Å². The first-order valence-corrected chi connectivity index (χ1v) is 11.6. The summed E-state index contributed by atoms with van der Waals surface area (Å²) < 4.78 is 15.8. The highest BCUT2D eigenvalue weighted by Gasteiger charge is 2.28. The number of hydrogen-bond donors (Lipinski definition) is 2. The third-order valence-corrected chi connectivity index (χ3v) is 6.55. The first-order valence-electron chi connectivity index (χ1n) is 10.8. The molecule has 0 saturated carbocycles. The monoisotopic (exact) mass is 480 g/mol. The van der Waals surface area contributed by atoms with Crippen LogP contribution in [0.5, 0.6) is 11.5 Å². The van der Waals surface area contributed by atoms with Gasteiger partial charge in [0, 0.05) is 5.56 Å². The Labute approximate surface area is 200 Å². The van der Waals surface area contributed by atoms with Crippen molar-refractivity contribution in [3.8, 4) is 11.5 Å². The largest absolute Gasteiger partial charge is 0.462 e. The van der Waals surface area contributed by atoms with E-state index in [4.69, 9.17) is 14.2 Å². The highest BCUT2D eigenvalue weighted by atomic mass is 32.1. The first-order chi connectivity index (χ1) is 16.4. The van der Waals surface area contributed by atoms with Crippen LogP contribution in [-0.4, -0.2) is 31.2 Å². The molecule has 2 aromatic carbocycles. The van der Waals surface area contributed by atoms with Gasteiger partial charge in [0.2, 0.25) is 6.79 Å². The average Bonchev–Trinajstić information content (AvgIpc) is 3.43. The number of ether oxygens (including phenoxy) is 3. The molecule has 2 amide bonds. The van der Waals surface area contributed by atoms with Crippen molar-refractivity contribution in [1.82, 2.24) is 5.32 Å². The van der Waals surface area contributed by atoms with E-state index in [1.54, 1.807) is 32.0 Å². The van der Waals surface area contributed by atoms with E-state index in [0.717, 1.165) is 16.9 Å². The number of nitrogens with one attached hydrogen (secondary N) is 2. The third-order valence-electron chi connectivity index (χ3n) is 5.34. The second-order valence-corrected chi connectivity index (χ2v) is 8.63. The van der Waals surface area contributed by atoms with Crippen LogP contribution < -0.4 is 20.1 Å². The van der Waals surface area contributed by atoms with Gasteiger partial charge in [0.25, 0.3) is 11.8 Å². The summed E-state index contributed by atoms with van der Waals surface area (Å²) in [6.07, 6.45) is 0. The average molecular weight is 481 g/mol. The lowest BCUT2D eigenvalue weighted by molar-refractivity contribution is 0.0527. The van der Waals surface area contributed by atoms with Crippen molar-refractivity contribution in [2.45, 2.75) is 26.8 Å². The molecule has 0 bridgehead atoms. The van der Waals surface area contributed by atoms with Crippen LogP contribution in [0.2, 0.25) is 0 Å². The molecular weight excluding hydrogens is 456 g/mol. The van der Waals surface area contributed by atoms with Crippen LogP contribution in [0.3, 0.4) is 0 Å². The minimum Gasteiger partial charge on any atom is -0.462 e. The summed E-state index contributed by atoms with van der Waals surface area (Å²) in [6, 6.07) is 14.1. The van der Waals surface area contributed by atoms with Crippen LogP contribution in [0, 0.1) is 6.92 Å². The molecule has 2 N–H and O–H groups in total. The van der Waals surface area contributed by atoms with Gasteiger partial charge >= 0.3 is 5.97 Å². The second-order valence-electron chi connectivity index (χ2n) is 7.61. The fourth-order valence-electron chi connectivity index (χ4n) is 3.57. The topological polar surface area (TPSA) is 103 Å².